The van der Waals surface area contributed by atoms with Gasteiger partial charge in [-0.2, -0.15) is 0 Å². The molecule has 0 spiro atoms. The lowest BCUT2D eigenvalue weighted by Gasteiger charge is -2.33. The number of aryl methyl sites for hydroxylation is 1. The van der Waals surface area contributed by atoms with Gasteiger partial charge in [-0.25, -0.2) is 0 Å². The van der Waals surface area contributed by atoms with Crippen molar-refractivity contribution in [2.45, 2.75) is 19.3 Å². The monoisotopic (exact) mass is 280 g/mol. The number of Topliss-reactive ketones (excluding diaryl/α,β-unsaturated/α-hetero) is 1. The zero-order valence-electron chi connectivity index (χ0n) is 12.0. The number of ketones is 1. The minimum absolute atomic E-state index is 0.00750. The first kappa shape index (κ1) is 14.0. The largest absolute Gasteiger partial charge is 0.396 e. The molecule has 2 heteroatoms. The van der Waals surface area contributed by atoms with Crippen LogP contribution in [0.5, 0.6) is 0 Å². The molecule has 2 atom stereocenters. The molecule has 1 saturated carbocycles. The minimum atomic E-state index is -0.109. The van der Waals surface area contributed by atoms with Crippen LogP contribution in [0.3, 0.4) is 0 Å². The fraction of sp³-hybridized carbons (Fsp3) is 0.316. The molecular weight excluding hydrogens is 260 g/mol. The van der Waals surface area contributed by atoms with Crippen LogP contribution in [-0.4, -0.2) is 17.5 Å². The van der Waals surface area contributed by atoms with Gasteiger partial charge in [0.2, 0.25) is 0 Å². The third kappa shape index (κ3) is 3.06. The van der Waals surface area contributed by atoms with E-state index in [0.29, 0.717) is 12.3 Å². The van der Waals surface area contributed by atoms with E-state index in [-0.39, 0.29) is 18.3 Å². The summed E-state index contributed by atoms with van der Waals surface area (Å²) in [5.41, 5.74) is 3.76. The van der Waals surface area contributed by atoms with Gasteiger partial charge in [0.15, 0.2) is 0 Å². The molecule has 21 heavy (non-hydrogen) atoms. The van der Waals surface area contributed by atoms with E-state index in [0.717, 1.165) is 12.8 Å². The highest BCUT2D eigenvalue weighted by molar-refractivity contribution is 5.87. The van der Waals surface area contributed by atoms with E-state index < -0.39 is 0 Å². The summed E-state index contributed by atoms with van der Waals surface area (Å²) in [5, 5.41) is 9.20. The Bertz CT molecular complexity index is 618. The van der Waals surface area contributed by atoms with Crippen molar-refractivity contribution >= 4 is 5.78 Å². The Hall–Kier alpha value is -1.93. The van der Waals surface area contributed by atoms with Gasteiger partial charge >= 0.3 is 0 Å². The van der Waals surface area contributed by atoms with Crippen molar-refractivity contribution in [3.05, 3.63) is 60.2 Å². The van der Waals surface area contributed by atoms with E-state index in [9.17, 15) is 9.90 Å². The van der Waals surface area contributed by atoms with E-state index in [1.165, 1.54) is 16.7 Å². The highest BCUT2D eigenvalue weighted by atomic mass is 16.3. The molecule has 0 bridgehead atoms. The van der Waals surface area contributed by atoms with E-state index >= 15 is 0 Å². The maximum atomic E-state index is 11.4. The van der Waals surface area contributed by atoms with Gasteiger partial charge in [-0.05, 0) is 35.4 Å². The van der Waals surface area contributed by atoms with Crippen LogP contribution in [0.15, 0.2) is 54.6 Å². The van der Waals surface area contributed by atoms with Crippen molar-refractivity contribution < 1.29 is 9.90 Å². The predicted molar refractivity (Wildman–Crippen MR) is 83.9 cm³/mol. The fourth-order valence-corrected chi connectivity index (χ4v) is 3.10. The summed E-state index contributed by atoms with van der Waals surface area (Å²) in [6.45, 7) is 0.00750. The summed E-state index contributed by atoms with van der Waals surface area (Å²) in [4.78, 5) is 11.4. The quantitative estimate of drug-likeness (QED) is 0.910. The van der Waals surface area contributed by atoms with E-state index in [4.69, 9.17) is 0 Å². The van der Waals surface area contributed by atoms with E-state index in [1.54, 1.807) is 0 Å². The first-order chi connectivity index (χ1) is 10.3. The number of hydrogen-bond acceptors (Lipinski definition) is 2. The third-order valence-electron chi connectivity index (χ3n) is 4.48. The molecule has 0 amide bonds. The lowest BCUT2D eigenvalue weighted by molar-refractivity contribution is -0.136. The van der Waals surface area contributed by atoms with Gasteiger partial charge in [0.25, 0.3) is 0 Å². The fourth-order valence-electron chi connectivity index (χ4n) is 3.10. The second-order valence-corrected chi connectivity index (χ2v) is 5.82. The van der Waals surface area contributed by atoms with Gasteiger partial charge in [0.1, 0.15) is 5.78 Å². The van der Waals surface area contributed by atoms with Crippen molar-refractivity contribution in [3.63, 3.8) is 0 Å². The molecular formula is C19H20O2. The first-order valence-electron chi connectivity index (χ1n) is 7.56. The maximum absolute atomic E-state index is 11.4. The lowest BCUT2D eigenvalue weighted by Crippen LogP contribution is -2.39. The Balaban J connectivity index is 1.66. The summed E-state index contributed by atoms with van der Waals surface area (Å²) in [5.74, 6) is 0.478. The second kappa shape index (κ2) is 6.23. The Morgan fingerprint density at radius 3 is 2.48 bits per heavy atom. The zero-order valence-corrected chi connectivity index (χ0v) is 12.0. The molecule has 1 aliphatic carbocycles. The van der Waals surface area contributed by atoms with Gasteiger partial charge in [-0.15, -0.1) is 0 Å². The molecule has 108 valence electrons. The van der Waals surface area contributed by atoms with Crippen molar-refractivity contribution in [1.82, 2.24) is 0 Å². The molecule has 0 unspecified atom stereocenters. The van der Waals surface area contributed by atoms with Gasteiger partial charge in [-0.3, -0.25) is 4.79 Å². The Morgan fingerprint density at radius 2 is 1.76 bits per heavy atom. The molecule has 0 radical (unpaired) electrons. The van der Waals surface area contributed by atoms with Crippen LogP contribution in [0.1, 0.15) is 18.4 Å². The maximum Gasteiger partial charge on any atom is 0.138 e. The topological polar surface area (TPSA) is 37.3 Å². The summed E-state index contributed by atoms with van der Waals surface area (Å²) >= 11 is 0. The molecule has 2 aromatic rings. The second-order valence-electron chi connectivity index (χ2n) is 5.82. The number of aliphatic hydroxyl groups excluding tert-OH is 1. The summed E-state index contributed by atoms with van der Waals surface area (Å²) < 4.78 is 0. The van der Waals surface area contributed by atoms with E-state index in [1.807, 2.05) is 18.2 Å². The predicted octanol–water partition coefficient (Wildman–Crippen LogP) is 3.48. The van der Waals surface area contributed by atoms with Crippen molar-refractivity contribution in [2.75, 3.05) is 6.61 Å². The molecule has 3 rings (SSSR count). The van der Waals surface area contributed by atoms with Crippen LogP contribution in [0.2, 0.25) is 0 Å². The molecule has 1 N–H and O–H groups in total. The van der Waals surface area contributed by atoms with Crippen molar-refractivity contribution in [1.29, 1.82) is 0 Å². The van der Waals surface area contributed by atoms with Gasteiger partial charge in [-0.1, -0.05) is 54.6 Å². The lowest BCUT2D eigenvalue weighted by atomic mass is 9.70. The Morgan fingerprint density at radius 1 is 1.00 bits per heavy atom. The van der Waals surface area contributed by atoms with E-state index in [2.05, 4.69) is 36.4 Å². The molecule has 0 heterocycles. The van der Waals surface area contributed by atoms with Crippen LogP contribution in [-0.2, 0) is 11.2 Å². The molecule has 2 aromatic carbocycles. The number of benzene rings is 2. The summed E-state index contributed by atoms with van der Waals surface area (Å²) in [6, 6.07) is 18.9. The normalized spacial score (nSPS) is 21.1. The third-order valence-corrected chi connectivity index (χ3v) is 4.48. The van der Waals surface area contributed by atoms with Gasteiger partial charge in [0, 0.05) is 12.3 Å². The number of hydrogen-bond donors (Lipinski definition) is 1. The smallest absolute Gasteiger partial charge is 0.138 e. The molecule has 0 aromatic heterocycles. The average Bonchev–Trinajstić information content (AvgIpc) is 2.53. The molecule has 0 aliphatic heterocycles. The zero-order chi connectivity index (χ0) is 14.7. The minimum Gasteiger partial charge on any atom is -0.396 e. The number of aliphatic hydroxyl groups is 1. The van der Waals surface area contributed by atoms with Crippen LogP contribution in [0.25, 0.3) is 11.1 Å². The van der Waals surface area contributed by atoms with Crippen LogP contribution >= 0.6 is 0 Å². The number of carbonyl (C=O) groups excluding carboxylic acids is 1. The van der Waals surface area contributed by atoms with Crippen molar-refractivity contribution in [3.8, 4) is 11.1 Å². The summed E-state index contributed by atoms with van der Waals surface area (Å²) in [7, 11) is 0. The SMILES string of the molecule is O=C1C[C@@H](CCc2cccc(-c3ccccc3)c2)[C@@H]1CO. The average molecular weight is 280 g/mol. The Kier molecular flexibility index (Phi) is 4.16. The van der Waals surface area contributed by atoms with Crippen LogP contribution in [0, 0.1) is 11.8 Å². The van der Waals surface area contributed by atoms with Crippen molar-refractivity contribution in [2.24, 2.45) is 11.8 Å². The number of rotatable bonds is 5. The standard InChI is InChI=1S/C19H20O2/c20-13-18-17(12-19(18)21)10-9-14-5-4-8-16(11-14)15-6-2-1-3-7-15/h1-8,11,17-18,20H,9-10,12-13H2/t17-,18+/m1/s1. The molecule has 0 saturated heterocycles. The first-order valence-corrected chi connectivity index (χ1v) is 7.56. The molecule has 1 fully saturated rings. The number of carbonyl (C=O) groups is 1. The highest BCUT2D eigenvalue weighted by Crippen LogP contribution is 2.34. The van der Waals surface area contributed by atoms with Crippen LogP contribution in [0.4, 0.5) is 0 Å². The molecule has 1 aliphatic rings. The van der Waals surface area contributed by atoms with Gasteiger partial charge in [0.05, 0.1) is 6.61 Å². The highest BCUT2D eigenvalue weighted by Gasteiger charge is 2.38. The van der Waals surface area contributed by atoms with Gasteiger partial charge < -0.3 is 5.11 Å². The summed E-state index contributed by atoms with van der Waals surface area (Å²) in [6.07, 6.45) is 2.59. The van der Waals surface area contributed by atoms with Crippen LogP contribution < -0.4 is 0 Å². The Labute approximate surface area is 125 Å². The molecule has 2 nitrogen and oxygen atoms in total.